The maximum Gasteiger partial charge on any atom is 0.247 e. The van der Waals surface area contributed by atoms with E-state index in [1.54, 1.807) is 0 Å². The van der Waals surface area contributed by atoms with E-state index in [2.05, 4.69) is 91.2 Å². The first-order chi connectivity index (χ1) is 15.1. The van der Waals surface area contributed by atoms with Crippen LogP contribution in [0.25, 0.3) is 27.5 Å². The second kappa shape index (κ2) is 5.48. The normalized spacial score (nSPS) is 14.9. The van der Waals surface area contributed by atoms with Crippen LogP contribution in [0.2, 0.25) is 0 Å². The Hall–Kier alpha value is -3.77. The first kappa shape index (κ1) is 17.0. The van der Waals surface area contributed by atoms with Gasteiger partial charge in [0.15, 0.2) is 0 Å². The highest BCUT2D eigenvalue weighted by Crippen LogP contribution is 2.39. The topological polar surface area (TPSA) is 28.7 Å². The van der Waals surface area contributed by atoms with E-state index in [1.807, 2.05) is 12.1 Å². The van der Waals surface area contributed by atoms with E-state index < -0.39 is 0 Å². The molecule has 0 aliphatic carbocycles. The van der Waals surface area contributed by atoms with E-state index >= 15 is 0 Å². The Labute approximate surface area is 181 Å². The highest BCUT2D eigenvalue weighted by Gasteiger charge is 2.44. The van der Waals surface area contributed by atoms with Crippen LogP contribution in [0.5, 0.6) is 0 Å². The van der Waals surface area contributed by atoms with Crippen LogP contribution in [0.15, 0.2) is 78.9 Å². The molecular weight excluding hydrogens is 375 g/mol. The van der Waals surface area contributed by atoms with Crippen molar-refractivity contribution in [1.82, 2.24) is 4.57 Å². The number of nitrogens with zero attached hydrogens (tertiary/aromatic N) is 2. The monoisotopic (exact) mass is 394 g/mol. The lowest BCUT2D eigenvalue weighted by atomic mass is 9.30. The Morgan fingerprint density at radius 2 is 1.58 bits per heavy atom. The molecule has 0 atom stereocenters. The third kappa shape index (κ3) is 1.89. The van der Waals surface area contributed by atoms with Crippen LogP contribution >= 0.6 is 0 Å². The van der Waals surface area contributed by atoms with Crippen molar-refractivity contribution < 1.29 is 0 Å². The molecule has 0 fully saturated rings. The van der Waals surface area contributed by atoms with Crippen LogP contribution < -0.4 is 16.4 Å². The van der Waals surface area contributed by atoms with E-state index in [0.717, 1.165) is 5.52 Å². The standard InChI is InChI=1S/C28H19BN2/c1-28(2)20-8-3-4-10-22(20)29-23-11-5-7-19-18-14-13-17(16-30)15-25(18)31(27(19)23)24-12-6-9-21(28)26(24)29/h3-15H,1-2H3. The molecule has 0 radical (unpaired) electrons. The van der Waals surface area contributed by atoms with Gasteiger partial charge in [0.25, 0.3) is 0 Å². The molecule has 0 bridgehead atoms. The van der Waals surface area contributed by atoms with Crippen LogP contribution in [0.4, 0.5) is 0 Å². The minimum absolute atomic E-state index is 0.0649. The summed E-state index contributed by atoms with van der Waals surface area (Å²) in [4.78, 5) is 0. The van der Waals surface area contributed by atoms with Gasteiger partial charge in [0, 0.05) is 27.4 Å². The zero-order valence-corrected chi connectivity index (χ0v) is 17.5. The molecule has 0 spiro atoms. The molecule has 0 unspecified atom stereocenters. The van der Waals surface area contributed by atoms with Gasteiger partial charge in [0.05, 0.1) is 17.1 Å². The fourth-order valence-corrected chi connectivity index (χ4v) is 6.18. The van der Waals surface area contributed by atoms with Crippen LogP contribution in [-0.2, 0) is 5.41 Å². The van der Waals surface area contributed by atoms with E-state index in [1.165, 1.54) is 49.5 Å². The summed E-state index contributed by atoms with van der Waals surface area (Å²) in [5.41, 5.74) is 11.3. The lowest BCUT2D eigenvalue weighted by Gasteiger charge is -2.41. The Kier molecular flexibility index (Phi) is 3.00. The first-order valence-corrected chi connectivity index (χ1v) is 10.8. The SMILES string of the molecule is CC1(C)c2ccccc2B2c3c(cccc31)-n1c3cc(C#N)ccc3c3cccc2c31. The summed E-state index contributed by atoms with van der Waals surface area (Å²) < 4.78 is 2.40. The molecule has 0 saturated carbocycles. The van der Waals surface area contributed by atoms with Gasteiger partial charge in [0.1, 0.15) is 0 Å². The molecule has 3 heteroatoms. The van der Waals surface area contributed by atoms with E-state index in [9.17, 15) is 5.26 Å². The smallest absolute Gasteiger partial charge is 0.247 e. The molecule has 2 nitrogen and oxygen atoms in total. The van der Waals surface area contributed by atoms with Gasteiger partial charge in [-0.1, -0.05) is 80.0 Å². The molecule has 144 valence electrons. The number of rotatable bonds is 0. The second-order valence-corrected chi connectivity index (χ2v) is 9.31. The zero-order chi connectivity index (χ0) is 20.9. The molecule has 31 heavy (non-hydrogen) atoms. The predicted molar refractivity (Wildman–Crippen MR) is 129 cm³/mol. The average Bonchev–Trinajstić information content (AvgIpc) is 3.13. The molecule has 2 aliphatic rings. The summed E-state index contributed by atoms with van der Waals surface area (Å²) in [7, 11) is 0. The number of fused-ring (bicyclic) bond motifs is 7. The molecule has 1 aromatic heterocycles. The van der Waals surface area contributed by atoms with Crippen LogP contribution in [-0.4, -0.2) is 11.3 Å². The van der Waals surface area contributed by atoms with Crippen molar-refractivity contribution in [2.75, 3.05) is 0 Å². The molecule has 0 amide bonds. The molecule has 2 aliphatic heterocycles. The summed E-state index contributed by atoms with van der Waals surface area (Å²) in [6.07, 6.45) is 0. The molecular formula is C28H19BN2. The molecule has 5 aromatic rings. The molecule has 0 N–H and O–H groups in total. The highest BCUT2D eigenvalue weighted by atomic mass is 15.0. The Morgan fingerprint density at radius 1 is 0.806 bits per heavy atom. The number of hydrogen-bond acceptors (Lipinski definition) is 1. The van der Waals surface area contributed by atoms with Gasteiger partial charge in [-0.2, -0.15) is 5.26 Å². The van der Waals surface area contributed by atoms with Crippen molar-refractivity contribution >= 4 is 44.9 Å². The summed E-state index contributed by atoms with van der Waals surface area (Å²) in [5, 5.41) is 12.0. The minimum atomic E-state index is -0.0649. The van der Waals surface area contributed by atoms with Crippen molar-refractivity contribution in [3.8, 4) is 11.8 Å². The largest absolute Gasteiger partial charge is 0.310 e. The number of para-hydroxylation sites is 1. The third-order valence-corrected chi connectivity index (χ3v) is 7.49. The molecule has 3 heterocycles. The second-order valence-electron chi connectivity index (χ2n) is 9.31. The molecule has 4 aromatic carbocycles. The van der Waals surface area contributed by atoms with Crippen molar-refractivity contribution in [3.05, 3.63) is 95.6 Å². The van der Waals surface area contributed by atoms with Gasteiger partial charge in [-0.3, -0.25) is 0 Å². The van der Waals surface area contributed by atoms with Crippen molar-refractivity contribution in [1.29, 1.82) is 5.26 Å². The quantitative estimate of drug-likeness (QED) is 0.356. The minimum Gasteiger partial charge on any atom is -0.310 e. The van der Waals surface area contributed by atoms with Crippen molar-refractivity contribution in [3.63, 3.8) is 0 Å². The Balaban J connectivity index is 1.75. The first-order valence-electron chi connectivity index (χ1n) is 10.8. The van der Waals surface area contributed by atoms with E-state index in [0.29, 0.717) is 5.56 Å². The summed E-state index contributed by atoms with van der Waals surface area (Å²) >= 11 is 0. The van der Waals surface area contributed by atoms with Crippen LogP contribution in [0.1, 0.15) is 30.5 Å². The maximum atomic E-state index is 9.55. The Morgan fingerprint density at radius 3 is 2.45 bits per heavy atom. The van der Waals surface area contributed by atoms with Crippen molar-refractivity contribution in [2.24, 2.45) is 0 Å². The lowest BCUT2D eigenvalue weighted by molar-refractivity contribution is 0.645. The highest BCUT2D eigenvalue weighted by molar-refractivity contribution is 6.99. The molecule has 7 rings (SSSR count). The number of nitriles is 1. The van der Waals surface area contributed by atoms with Crippen molar-refractivity contribution in [2.45, 2.75) is 19.3 Å². The lowest BCUT2D eigenvalue weighted by Crippen LogP contribution is -2.63. The summed E-state index contributed by atoms with van der Waals surface area (Å²) in [6.45, 7) is 4.91. The number of aromatic nitrogens is 1. The van der Waals surface area contributed by atoms with E-state index in [4.69, 9.17) is 0 Å². The van der Waals surface area contributed by atoms with Gasteiger partial charge in [-0.05, 0) is 40.3 Å². The summed E-state index contributed by atoms with van der Waals surface area (Å²) in [6, 6.07) is 30.8. The fourth-order valence-electron chi connectivity index (χ4n) is 6.18. The molecule has 0 saturated heterocycles. The third-order valence-electron chi connectivity index (χ3n) is 7.49. The van der Waals surface area contributed by atoms with Gasteiger partial charge in [-0.25, -0.2) is 0 Å². The predicted octanol–water partition coefficient (Wildman–Crippen LogP) is 4.12. The maximum absolute atomic E-state index is 9.55. The number of benzene rings is 4. The summed E-state index contributed by atoms with van der Waals surface area (Å²) in [5.74, 6) is 0. The van der Waals surface area contributed by atoms with Crippen LogP contribution in [0, 0.1) is 11.3 Å². The van der Waals surface area contributed by atoms with Gasteiger partial charge in [-0.15, -0.1) is 0 Å². The fraction of sp³-hybridized carbons (Fsp3) is 0.107. The average molecular weight is 394 g/mol. The zero-order valence-electron chi connectivity index (χ0n) is 17.5. The van der Waals surface area contributed by atoms with Gasteiger partial charge >= 0.3 is 0 Å². The Bertz CT molecular complexity index is 1630. The van der Waals surface area contributed by atoms with Gasteiger partial charge in [0.2, 0.25) is 6.71 Å². The van der Waals surface area contributed by atoms with Gasteiger partial charge < -0.3 is 4.57 Å². The van der Waals surface area contributed by atoms with E-state index in [-0.39, 0.29) is 12.1 Å². The number of hydrogen-bond donors (Lipinski definition) is 0. The van der Waals surface area contributed by atoms with Crippen LogP contribution in [0.3, 0.4) is 0 Å².